The first-order valence-electron chi connectivity index (χ1n) is 10.6. The molecule has 0 spiro atoms. The van der Waals surface area contributed by atoms with Crippen LogP contribution in [-0.2, 0) is 6.54 Å². The van der Waals surface area contributed by atoms with Crippen LogP contribution in [0, 0.1) is 6.92 Å². The number of unbranched alkanes of at least 4 members (excludes halogenated alkanes) is 1. The van der Waals surface area contributed by atoms with E-state index in [1.807, 2.05) is 73.7 Å². The second kappa shape index (κ2) is 9.75. The lowest BCUT2D eigenvalue weighted by atomic mass is 10.1. The molecule has 0 aliphatic rings. The van der Waals surface area contributed by atoms with E-state index in [2.05, 4.69) is 13.0 Å². The molecule has 4 rings (SSSR count). The molecule has 3 aromatic carbocycles. The van der Waals surface area contributed by atoms with E-state index < -0.39 is 0 Å². The van der Waals surface area contributed by atoms with Crippen molar-refractivity contribution in [1.29, 1.82) is 0 Å². The minimum absolute atomic E-state index is 0.0819. The summed E-state index contributed by atoms with van der Waals surface area (Å²) in [5.74, 6) is 0.639. The lowest BCUT2D eigenvalue weighted by Crippen LogP contribution is -2.30. The molecule has 1 heterocycles. The van der Waals surface area contributed by atoms with E-state index in [-0.39, 0.29) is 5.91 Å². The first-order chi connectivity index (χ1) is 15.2. The van der Waals surface area contributed by atoms with Crippen LogP contribution in [0.5, 0.6) is 5.75 Å². The number of fused-ring (bicyclic) bond motifs is 1. The van der Waals surface area contributed by atoms with E-state index in [0.717, 1.165) is 39.9 Å². The first kappa shape index (κ1) is 21.1. The summed E-state index contributed by atoms with van der Waals surface area (Å²) in [6.45, 7) is 5.29. The Morgan fingerprint density at radius 3 is 2.61 bits per heavy atom. The number of hydrogen-bond acceptors (Lipinski definition) is 4. The summed E-state index contributed by atoms with van der Waals surface area (Å²) in [7, 11) is 0. The number of aromatic nitrogens is 1. The number of amides is 1. The Morgan fingerprint density at radius 2 is 1.84 bits per heavy atom. The van der Waals surface area contributed by atoms with Crippen molar-refractivity contribution in [3.8, 4) is 5.75 Å². The van der Waals surface area contributed by atoms with Gasteiger partial charge in [0.2, 0.25) is 0 Å². The van der Waals surface area contributed by atoms with Gasteiger partial charge in [0.1, 0.15) is 5.75 Å². The number of carbonyl (C=O) groups is 1. The third-order valence-electron chi connectivity index (χ3n) is 5.12. The van der Waals surface area contributed by atoms with Crippen molar-refractivity contribution in [2.45, 2.75) is 33.2 Å². The Labute approximate surface area is 187 Å². The molecule has 4 aromatic rings. The summed E-state index contributed by atoms with van der Waals surface area (Å²) in [6, 6.07) is 23.6. The van der Waals surface area contributed by atoms with Crippen molar-refractivity contribution in [3.05, 3.63) is 89.5 Å². The van der Waals surface area contributed by atoms with E-state index >= 15 is 0 Å². The average Bonchev–Trinajstić information content (AvgIpc) is 3.24. The molecular weight excluding hydrogens is 404 g/mol. The van der Waals surface area contributed by atoms with Crippen LogP contribution in [0.25, 0.3) is 10.2 Å². The van der Waals surface area contributed by atoms with Crippen molar-refractivity contribution in [1.82, 2.24) is 4.98 Å². The maximum atomic E-state index is 13.6. The predicted octanol–water partition coefficient (Wildman–Crippen LogP) is 6.63. The largest absolute Gasteiger partial charge is 0.494 e. The Morgan fingerprint density at radius 1 is 1.03 bits per heavy atom. The Bertz CT molecular complexity index is 1170. The van der Waals surface area contributed by atoms with Crippen LogP contribution in [0.15, 0.2) is 72.8 Å². The molecule has 5 heteroatoms. The lowest BCUT2D eigenvalue weighted by molar-refractivity contribution is 0.0984. The minimum Gasteiger partial charge on any atom is -0.494 e. The normalized spacial score (nSPS) is 10.9. The highest BCUT2D eigenvalue weighted by molar-refractivity contribution is 7.22. The second-order valence-electron chi connectivity index (χ2n) is 7.52. The van der Waals surface area contributed by atoms with Crippen molar-refractivity contribution in [2.75, 3.05) is 11.5 Å². The Kier molecular flexibility index (Phi) is 6.63. The van der Waals surface area contributed by atoms with Crippen LogP contribution in [0.3, 0.4) is 0 Å². The molecule has 0 aliphatic heterocycles. The third kappa shape index (κ3) is 4.94. The molecule has 0 unspecified atom stereocenters. The number of ether oxygens (including phenoxy) is 1. The smallest absolute Gasteiger partial charge is 0.260 e. The van der Waals surface area contributed by atoms with E-state index in [9.17, 15) is 4.79 Å². The zero-order chi connectivity index (χ0) is 21.6. The monoisotopic (exact) mass is 430 g/mol. The van der Waals surface area contributed by atoms with Crippen LogP contribution < -0.4 is 9.64 Å². The number of para-hydroxylation sites is 1. The van der Waals surface area contributed by atoms with Gasteiger partial charge in [-0.3, -0.25) is 9.69 Å². The number of aryl methyl sites for hydroxylation is 1. The summed E-state index contributed by atoms with van der Waals surface area (Å²) in [5.41, 5.74) is 3.71. The molecule has 158 valence electrons. The van der Waals surface area contributed by atoms with Crippen LogP contribution in [0.1, 0.15) is 41.3 Å². The van der Waals surface area contributed by atoms with Crippen LogP contribution in [-0.4, -0.2) is 17.5 Å². The lowest BCUT2D eigenvalue weighted by Gasteiger charge is -2.20. The number of thiazole rings is 1. The highest BCUT2D eigenvalue weighted by atomic mass is 32.1. The molecule has 0 N–H and O–H groups in total. The average molecular weight is 431 g/mol. The van der Waals surface area contributed by atoms with Crippen molar-refractivity contribution < 1.29 is 9.53 Å². The molecule has 0 radical (unpaired) electrons. The van der Waals surface area contributed by atoms with Crippen molar-refractivity contribution in [2.24, 2.45) is 0 Å². The van der Waals surface area contributed by atoms with Crippen molar-refractivity contribution >= 4 is 32.6 Å². The van der Waals surface area contributed by atoms with Gasteiger partial charge in [0, 0.05) is 5.56 Å². The molecule has 0 atom stereocenters. The SMILES string of the molecule is CCCCOc1cccc(C(=O)N(Cc2ccccc2)c2nc3c(C)cccc3s2)c1. The summed E-state index contributed by atoms with van der Waals surface area (Å²) in [5, 5.41) is 0.704. The summed E-state index contributed by atoms with van der Waals surface area (Å²) < 4.78 is 6.90. The number of anilines is 1. The fourth-order valence-electron chi connectivity index (χ4n) is 3.39. The molecule has 0 fully saturated rings. The summed E-state index contributed by atoms with van der Waals surface area (Å²) in [6.07, 6.45) is 2.06. The topological polar surface area (TPSA) is 42.4 Å². The zero-order valence-electron chi connectivity index (χ0n) is 17.9. The Hall–Kier alpha value is -3.18. The van der Waals surface area contributed by atoms with Crippen molar-refractivity contribution in [3.63, 3.8) is 0 Å². The van der Waals surface area contributed by atoms with Gasteiger partial charge in [-0.1, -0.05) is 73.2 Å². The van der Waals surface area contributed by atoms with E-state index in [1.54, 1.807) is 16.2 Å². The fourth-order valence-corrected chi connectivity index (χ4v) is 4.43. The van der Waals surface area contributed by atoms with Crippen LogP contribution >= 0.6 is 11.3 Å². The van der Waals surface area contributed by atoms with Crippen LogP contribution in [0.4, 0.5) is 5.13 Å². The molecule has 1 aromatic heterocycles. The fraction of sp³-hybridized carbons (Fsp3) is 0.231. The van der Waals surface area contributed by atoms with Gasteiger partial charge < -0.3 is 4.74 Å². The predicted molar refractivity (Wildman–Crippen MR) is 128 cm³/mol. The molecular formula is C26H26N2O2S. The number of nitrogens with zero attached hydrogens (tertiary/aromatic N) is 2. The van der Waals surface area contributed by atoms with Gasteiger partial charge in [-0.15, -0.1) is 0 Å². The molecule has 0 saturated carbocycles. The first-order valence-corrected chi connectivity index (χ1v) is 11.4. The summed E-state index contributed by atoms with van der Waals surface area (Å²) in [4.78, 5) is 20.2. The molecule has 0 aliphatic carbocycles. The van der Waals surface area contributed by atoms with Gasteiger partial charge in [0.15, 0.2) is 5.13 Å². The van der Waals surface area contributed by atoms with Gasteiger partial charge in [-0.05, 0) is 48.7 Å². The number of carbonyl (C=O) groups excluding carboxylic acids is 1. The number of benzene rings is 3. The Balaban J connectivity index is 1.69. The van der Waals surface area contributed by atoms with Gasteiger partial charge >= 0.3 is 0 Å². The zero-order valence-corrected chi connectivity index (χ0v) is 18.7. The maximum Gasteiger partial charge on any atom is 0.260 e. The van der Waals surface area contributed by atoms with Gasteiger partial charge in [0.25, 0.3) is 5.91 Å². The highest BCUT2D eigenvalue weighted by Crippen LogP contribution is 2.32. The van der Waals surface area contributed by atoms with E-state index in [0.29, 0.717) is 23.8 Å². The molecule has 4 nitrogen and oxygen atoms in total. The maximum absolute atomic E-state index is 13.6. The quantitative estimate of drug-likeness (QED) is 0.295. The summed E-state index contributed by atoms with van der Waals surface area (Å²) >= 11 is 1.55. The highest BCUT2D eigenvalue weighted by Gasteiger charge is 2.22. The van der Waals surface area contributed by atoms with Gasteiger partial charge in [0.05, 0.1) is 23.4 Å². The van der Waals surface area contributed by atoms with Crippen LogP contribution in [0.2, 0.25) is 0 Å². The van der Waals surface area contributed by atoms with Gasteiger partial charge in [-0.2, -0.15) is 0 Å². The number of hydrogen-bond donors (Lipinski definition) is 0. The van der Waals surface area contributed by atoms with Gasteiger partial charge in [-0.25, -0.2) is 4.98 Å². The molecule has 0 saturated heterocycles. The molecule has 0 bridgehead atoms. The van der Waals surface area contributed by atoms with E-state index in [1.165, 1.54) is 0 Å². The second-order valence-corrected chi connectivity index (χ2v) is 8.53. The molecule has 1 amide bonds. The third-order valence-corrected chi connectivity index (χ3v) is 6.16. The number of rotatable bonds is 8. The van der Waals surface area contributed by atoms with E-state index in [4.69, 9.17) is 9.72 Å². The standard InChI is InChI=1S/C26H26N2O2S/c1-3-4-16-30-22-14-9-13-21(17-22)25(29)28(18-20-11-6-5-7-12-20)26-27-24-19(2)10-8-15-23(24)31-26/h5-15,17H,3-4,16,18H2,1-2H3. The molecule has 31 heavy (non-hydrogen) atoms. The minimum atomic E-state index is -0.0819.